The SMILES string of the molecule is CC(=O)Nc1ccc2nc(C(C)C)nc(Cl)c2c1. The van der Waals surface area contributed by atoms with Gasteiger partial charge in [-0.05, 0) is 18.2 Å². The number of hydrogen-bond acceptors (Lipinski definition) is 3. The van der Waals surface area contributed by atoms with Gasteiger partial charge in [0.25, 0.3) is 0 Å². The first-order valence-electron chi connectivity index (χ1n) is 5.72. The molecule has 0 aliphatic heterocycles. The number of anilines is 1. The second-order valence-corrected chi connectivity index (χ2v) is 4.80. The van der Waals surface area contributed by atoms with Crippen LogP contribution in [0.4, 0.5) is 5.69 Å². The second-order valence-electron chi connectivity index (χ2n) is 4.44. The zero-order valence-electron chi connectivity index (χ0n) is 10.5. The molecular weight excluding hydrogens is 250 g/mol. The maximum Gasteiger partial charge on any atom is 0.221 e. The fraction of sp³-hybridized carbons (Fsp3) is 0.308. The summed E-state index contributed by atoms with van der Waals surface area (Å²) >= 11 is 6.15. The maximum absolute atomic E-state index is 11.0. The molecule has 0 saturated heterocycles. The Hall–Kier alpha value is -1.68. The molecule has 0 fully saturated rings. The lowest BCUT2D eigenvalue weighted by atomic mass is 10.2. The first kappa shape index (κ1) is 12.8. The molecule has 2 rings (SSSR count). The molecular formula is C13H14ClN3O. The number of nitrogens with zero attached hydrogens (tertiary/aromatic N) is 2. The normalized spacial score (nSPS) is 10.9. The van der Waals surface area contributed by atoms with E-state index in [-0.39, 0.29) is 11.8 Å². The predicted octanol–water partition coefficient (Wildman–Crippen LogP) is 3.37. The summed E-state index contributed by atoms with van der Waals surface area (Å²) in [5.74, 6) is 0.826. The van der Waals surface area contributed by atoms with Crippen molar-refractivity contribution >= 4 is 34.1 Å². The Kier molecular flexibility index (Phi) is 3.48. The van der Waals surface area contributed by atoms with Crippen molar-refractivity contribution in [1.29, 1.82) is 0 Å². The highest BCUT2D eigenvalue weighted by molar-refractivity contribution is 6.34. The van der Waals surface area contributed by atoms with Gasteiger partial charge < -0.3 is 5.32 Å². The van der Waals surface area contributed by atoms with Gasteiger partial charge in [0.1, 0.15) is 11.0 Å². The lowest BCUT2D eigenvalue weighted by Gasteiger charge is -2.08. The van der Waals surface area contributed by atoms with Crippen molar-refractivity contribution in [2.45, 2.75) is 26.7 Å². The molecule has 5 heteroatoms. The van der Waals surface area contributed by atoms with Gasteiger partial charge >= 0.3 is 0 Å². The Balaban J connectivity index is 2.54. The summed E-state index contributed by atoms with van der Waals surface area (Å²) in [5.41, 5.74) is 1.48. The summed E-state index contributed by atoms with van der Waals surface area (Å²) in [6.45, 7) is 5.50. The van der Waals surface area contributed by atoms with Crippen molar-refractivity contribution in [1.82, 2.24) is 9.97 Å². The number of carbonyl (C=O) groups excluding carboxylic acids is 1. The number of fused-ring (bicyclic) bond motifs is 1. The third-order valence-corrected chi connectivity index (χ3v) is 2.79. The van der Waals surface area contributed by atoms with Gasteiger partial charge in [0, 0.05) is 23.9 Å². The van der Waals surface area contributed by atoms with Crippen molar-refractivity contribution in [3.8, 4) is 0 Å². The maximum atomic E-state index is 11.0. The minimum atomic E-state index is -0.120. The van der Waals surface area contributed by atoms with Crippen LogP contribution < -0.4 is 5.32 Å². The zero-order chi connectivity index (χ0) is 13.3. The smallest absolute Gasteiger partial charge is 0.221 e. The van der Waals surface area contributed by atoms with E-state index >= 15 is 0 Å². The first-order chi connectivity index (χ1) is 8.47. The van der Waals surface area contributed by atoms with Crippen LogP contribution in [0.2, 0.25) is 5.15 Å². The fourth-order valence-electron chi connectivity index (χ4n) is 1.65. The standard InChI is InChI=1S/C13H14ClN3O/c1-7(2)13-16-11-5-4-9(15-8(3)18)6-10(11)12(14)17-13/h4-7H,1-3H3,(H,15,18). The predicted molar refractivity (Wildman–Crippen MR) is 72.9 cm³/mol. The topological polar surface area (TPSA) is 54.9 Å². The van der Waals surface area contributed by atoms with Gasteiger partial charge in [-0.15, -0.1) is 0 Å². The van der Waals surface area contributed by atoms with Gasteiger partial charge in [0.2, 0.25) is 5.91 Å². The molecule has 0 aliphatic rings. The van der Waals surface area contributed by atoms with E-state index in [9.17, 15) is 4.79 Å². The molecule has 0 spiro atoms. The van der Waals surface area contributed by atoms with Crippen molar-refractivity contribution in [2.75, 3.05) is 5.32 Å². The van der Waals surface area contributed by atoms with Crippen LogP contribution >= 0.6 is 11.6 Å². The number of rotatable bonds is 2. The molecule has 1 aromatic heterocycles. The molecule has 18 heavy (non-hydrogen) atoms. The highest BCUT2D eigenvalue weighted by atomic mass is 35.5. The Bertz CT molecular complexity index is 610. The molecule has 1 amide bonds. The number of benzene rings is 1. The third kappa shape index (κ3) is 2.59. The summed E-state index contributed by atoms with van der Waals surface area (Å²) in [7, 11) is 0. The Labute approximate surface area is 110 Å². The average Bonchev–Trinajstić information content (AvgIpc) is 2.28. The highest BCUT2D eigenvalue weighted by Crippen LogP contribution is 2.25. The second kappa shape index (κ2) is 4.90. The van der Waals surface area contributed by atoms with Crippen molar-refractivity contribution < 1.29 is 4.79 Å². The van der Waals surface area contributed by atoms with Gasteiger partial charge in [-0.3, -0.25) is 4.79 Å². The Morgan fingerprint density at radius 1 is 1.33 bits per heavy atom. The quantitative estimate of drug-likeness (QED) is 0.845. The summed E-state index contributed by atoms with van der Waals surface area (Å²) in [6.07, 6.45) is 0. The monoisotopic (exact) mass is 263 g/mol. The van der Waals surface area contributed by atoms with Gasteiger partial charge in [-0.25, -0.2) is 9.97 Å². The Morgan fingerprint density at radius 3 is 2.67 bits per heavy atom. The number of aromatic nitrogens is 2. The summed E-state index contributed by atoms with van der Waals surface area (Å²) in [6, 6.07) is 5.42. The molecule has 2 aromatic rings. The number of hydrogen-bond donors (Lipinski definition) is 1. The molecule has 1 aromatic carbocycles. The van der Waals surface area contributed by atoms with E-state index in [2.05, 4.69) is 15.3 Å². The van der Waals surface area contributed by atoms with E-state index in [0.717, 1.165) is 16.7 Å². The van der Waals surface area contributed by atoms with Gasteiger partial charge in [-0.1, -0.05) is 25.4 Å². The number of carbonyl (C=O) groups is 1. The summed E-state index contributed by atoms with van der Waals surface area (Å²) in [4.78, 5) is 19.7. The van der Waals surface area contributed by atoms with E-state index in [0.29, 0.717) is 10.8 Å². The molecule has 94 valence electrons. The van der Waals surface area contributed by atoms with Crippen LogP contribution in [-0.4, -0.2) is 15.9 Å². The van der Waals surface area contributed by atoms with Crippen LogP contribution in [0.25, 0.3) is 10.9 Å². The number of halogens is 1. The molecule has 1 heterocycles. The van der Waals surface area contributed by atoms with Crippen LogP contribution in [-0.2, 0) is 4.79 Å². The summed E-state index contributed by atoms with van der Waals surface area (Å²) in [5, 5.41) is 3.86. The van der Waals surface area contributed by atoms with Crippen LogP contribution in [0.3, 0.4) is 0 Å². The van der Waals surface area contributed by atoms with Gasteiger partial charge in [0.05, 0.1) is 5.52 Å². The molecule has 0 aliphatic carbocycles. The number of amides is 1. The molecule has 0 radical (unpaired) electrons. The van der Waals surface area contributed by atoms with Crippen LogP contribution in [0.15, 0.2) is 18.2 Å². The molecule has 0 saturated carbocycles. The number of nitrogens with one attached hydrogen (secondary N) is 1. The Morgan fingerprint density at radius 2 is 2.06 bits per heavy atom. The molecule has 0 atom stereocenters. The lowest BCUT2D eigenvalue weighted by molar-refractivity contribution is -0.114. The first-order valence-corrected chi connectivity index (χ1v) is 6.10. The minimum Gasteiger partial charge on any atom is -0.326 e. The highest BCUT2D eigenvalue weighted by Gasteiger charge is 2.09. The van der Waals surface area contributed by atoms with Crippen molar-refractivity contribution in [3.05, 3.63) is 29.2 Å². The van der Waals surface area contributed by atoms with Crippen molar-refractivity contribution in [3.63, 3.8) is 0 Å². The van der Waals surface area contributed by atoms with Gasteiger partial charge in [0.15, 0.2) is 0 Å². The zero-order valence-corrected chi connectivity index (χ0v) is 11.2. The van der Waals surface area contributed by atoms with E-state index < -0.39 is 0 Å². The van der Waals surface area contributed by atoms with E-state index in [1.165, 1.54) is 6.92 Å². The largest absolute Gasteiger partial charge is 0.326 e. The molecule has 0 unspecified atom stereocenters. The fourth-order valence-corrected chi connectivity index (χ4v) is 1.89. The third-order valence-electron chi connectivity index (χ3n) is 2.50. The van der Waals surface area contributed by atoms with Crippen LogP contribution in [0, 0.1) is 0 Å². The van der Waals surface area contributed by atoms with Crippen LogP contribution in [0.5, 0.6) is 0 Å². The van der Waals surface area contributed by atoms with E-state index in [4.69, 9.17) is 11.6 Å². The van der Waals surface area contributed by atoms with Crippen LogP contribution in [0.1, 0.15) is 32.5 Å². The van der Waals surface area contributed by atoms with Gasteiger partial charge in [-0.2, -0.15) is 0 Å². The lowest BCUT2D eigenvalue weighted by Crippen LogP contribution is -2.06. The van der Waals surface area contributed by atoms with E-state index in [1.54, 1.807) is 12.1 Å². The molecule has 0 bridgehead atoms. The summed E-state index contributed by atoms with van der Waals surface area (Å²) < 4.78 is 0. The average molecular weight is 264 g/mol. The van der Waals surface area contributed by atoms with E-state index in [1.807, 2.05) is 19.9 Å². The molecule has 4 nitrogen and oxygen atoms in total. The van der Waals surface area contributed by atoms with Crippen molar-refractivity contribution in [2.24, 2.45) is 0 Å². The minimum absolute atomic E-state index is 0.120. The molecule has 1 N–H and O–H groups in total.